The molecule has 1 amide bonds. The van der Waals surface area contributed by atoms with Crippen LogP contribution in [0.4, 0.5) is 5.13 Å². The number of carbonyl (C=O) groups is 1. The first-order chi connectivity index (χ1) is 16.9. The molecule has 1 saturated heterocycles. The van der Waals surface area contributed by atoms with Gasteiger partial charge in [-0.3, -0.25) is 4.79 Å². The molecule has 1 aliphatic heterocycles. The summed E-state index contributed by atoms with van der Waals surface area (Å²) in [5.74, 6) is 0.962. The molecule has 3 aromatic rings. The van der Waals surface area contributed by atoms with E-state index in [1.807, 2.05) is 15.6 Å². The van der Waals surface area contributed by atoms with Crippen molar-refractivity contribution in [3.63, 3.8) is 0 Å². The number of likely N-dealkylation sites (N-methyl/N-ethyl adjacent to an activating group) is 2. The first-order valence-electron chi connectivity index (χ1n) is 13.2. The number of rotatable bonds is 10. The Morgan fingerprint density at radius 3 is 2.31 bits per heavy atom. The maximum Gasteiger partial charge on any atom is 0.225 e. The largest absolute Gasteiger partial charge is 0.347 e. The molecule has 0 bridgehead atoms. The van der Waals surface area contributed by atoms with Crippen molar-refractivity contribution >= 4 is 27.3 Å². The zero-order valence-electron chi connectivity index (χ0n) is 21.9. The lowest BCUT2D eigenvalue weighted by Crippen LogP contribution is -2.45. The fourth-order valence-corrected chi connectivity index (χ4v) is 5.73. The van der Waals surface area contributed by atoms with Gasteiger partial charge in [-0.2, -0.15) is 0 Å². The lowest BCUT2D eigenvalue weighted by molar-refractivity contribution is -0.136. The molecule has 2 aromatic heterocycles. The molecule has 1 fully saturated rings. The van der Waals surface area contributed by atoms with Gasteiger partial charge in [-0.25, -0.2) is 9.50 Å². The highest BCUT2D eigenvalue weighted by Crippen LogP contribution is 2.30. The van der Waals surface area contributed by atoms with Gasteiger partial charge in [0, 0.05) is 44.2 Å². The first kappa shape index (κ1) is 25.6. The van der Waals surface area contributed by atoms with Crippen LogP contribution in [0.15, 0.2) is 30.5 Å². The second kappa shape index (κ2) is 11.5. The molecule has 35 heavy (non-hydrogen) atoms. The van der Waals surface area contributed by atoms with Crippen molar-refractivity contribution in [3.05, 3.63) is 36.0 Å². The summed E-state index contributed by atoms with van der Waals surface area (Å²) in [6.07, 6.45) is 3.79. The zero-order valence-corrected chi connectivity index (χ0v) is 22.7. The summed E-state index contributed by atoms with van der Waals surface area (Å²) < 4.78 is 1.90. The van der Waals surface area contributed by atoms with Crippen LogP contribution in [0.5, 0.6) is 0 Å². The maximum atomic E-state index is 13.2. The number of imidazole rings is 1. The normalized spacial score (nSPS) is 15.0. The van der Waals surface area contributed by atoms with Crippen LogP contribution in [-0.2, 0) is 4.79 Å². The van der Waals surface area contributed by atoms with E-state index in [0.717, 1.165) is 80.0 Å². The molecule has 0 N–H and O–H groups in total. The van der Waals surface area contributed by atoms with Gasteiger partial charge >= 0.3 is 0 Å². The van der Waals surface area contributed by atoms with Gasteiger partial charge in [-0.1, -0.05) is 63.3 Å². The average molecular weight is 497 g/mol. The number of benzene rings is 1. The zero-order chi connectivity index (χ0) is 24.9. The molecule has 0 saturated carbocycles. The molecule has 7 nitrogen and oxygen atoms in total. The molecular formula is C27H40N6OS. The second-order valence-electron chi connectivity index (χ2n) is 9.72. The van der Waals surface area contributed by atoms with E-state index in [1.54, 1.807) is 11.3 Å². The Morgan fingerprint density at radius 1 is 1.06 bits per heavy atom. The molecule has 0 radical (unpaired) electrons. The molecule has 1 aromatic carbocycles. The number of hydrogen-bond acceptors (Lipinski definition) is 6. The molecule has 0 unspecified atom stereocenters. The van der Waals surface area contributed by atoms with Gasteiger partial charge in [0.05, 0.1) is 11.9 Å². The SMILES string of the molecule is CCN(CC)CCN(CC)C(=O)C1CCN(c2nn3cc(-c4ccc(C(C)C)cc4)nc3s2)CC1. The number of nitrogens with zero attached hydrogens (tertiary/aromatic N) is 6. The van der Waals surface area contributed by atoms with Crippen LogP contribution in [0, 0.1) is 5.92 Å². The third-order valence-corrected chi connectivity index (χ3v) is 8.28. The van der Waals surface area contributed by atoms with Gasteiger partial charge < -0.3 is 14.7 Å². The number of aromatic nitrogens is 3. The van der Waals surface area contributed by atoms with Crippen molar-refractivity contribution in [3.8, 4) is 11.3 Å². The predicted molar refractivity (Wildman–Crippen MR) is 145 cm³/mol. The smallest absolute Gasteiger partial charge is 0.225 e. The predicted octanol–water partition coefficient (Wildman–Crippen LogP) is 4.99. The van der Waals surface area contributed by atoms with Crippen molar-refractivity contribution in [2.45, 2.75) is 53.4 Å². The lowest BCUT2D eigenvalue weighted by Gasteiger charge is -2.34. The van der Waals surface area contributed by atoms with Crippen molar-refractivity contribution in [1.82, 2.24) is 24.4 Å². The average Bonchev–Trinajstić information content (AvgIpc) is 3.46. The number of anilines is 1. The van der Waals surface area contributed by atoms with E-state index in [1.165, 1.54) is 5.56 Å². The Kier molecular flexibility index (Phi) is 8.44. The minimum atomic E-state index is 0.118. The van der Waals surface area contributed by atoms with E-state index in [-0.39, 0.29) is 5.92 Å². The van der Waals surface area contributed by atoms with Crippen LogP contribution in [0.3, 0.4) is 0 Å². The summed E-state index contributed by atoms with van der Waals surface area (Å²) in [6, 6.07) is 8.65. The second-order valence-corrected chi connectivity index (χ2v) is 10.7. The standard InChI is InChI=1S/C27H40N6OS/c1-6-30(7-2)17-18-31(8-3)25(34)23-13-15-32(16-14-23)27-29-33-19-24(28-26(33)35-27)22-11-9-21(10-12-22)20(4)5/h9-12,19-20,23H,6-8,13-18H2,1-5H3. The molecule has 0 atom stereocenters. The van der Waals surface area contributed by atoms with E-state index in [2.05, 4.69) is 68.7 Å². The summed E-state index contributed by atoms with van der Waals surface area (Å²) in [4.78, 5) is 25.6. The fraction of sp³-hybridized carbons (Fsp3) is 0.593. The van der Waals surface area contributed by atoms with Crippen molar-refractivity contribution < 1.29 is 4.79 Å². The van der Waals surface area contributed by atoms with Crippen LogP contribution < -0.4 is 4.90 Å². The minimum absolute atomic E-state index is 0.118. The molecular weight excluding hydrogens is 456 g/mol. The minimum Gasteiger partial charge on any atom is -0.347 e. The van der Waals surface area contributed by atoms with Gasteiger partial charge in [0.25, 0.3) is 0 Å². The summed E-state index contributed by atoms with van der Waals surface area (Å²) in [6.45, 7) is 17.2. The Hall–Kier alpha value is -2.45. The van der Waals surface area contributed by atoms with Crippen molar-refractivity contribution in [2.24, 2.45) is 5.92 Å². The van der Waals surface area contributed by atoms with Crippen LogP contribution >= 0.6 is 11.3 Å². The van der Waals surface area contributed by atoms with Crippen molar-refractivity contribution in [1.29, 1.82) is 0 Å². The van der Waals surface area contributed by atoms with Crippen LogP contribution in [-0.4, -0.2) is 76.1 Å². The molecule has 8 heteroatoms. The van der Waals surface area contributed by atoms with E-state index in [9.17, 15) is 4.79 Å². The van der Waals surface area contributed by atoms with Gasteiger partial charge in [0.2, 0.25) is 16.0 Å². The van der Waals surface area contributed by atoms with Gasteiger partial charge in [0.15, 0.2) is 0 Å². The summed E-state index contributed by atoms with van der Waals surface area (Å²) in [7, 11) is 0. The molecule has 0 aliphatic carbocycles. The highest BCUT2D eigenvalue weighted by atomic mass is 32.1. The quantitative estimate of drug-likeness (QED) is 0.396. The topological polar surface area (TPSA) is 57.0 Å². The number of fused-ring (bicyclic) bond motifs is 1. The van der Waals surface area contributed by atoms with E-state index < -0.39 is 0 Å². The number of hydrogen-bond donors (Lipinski definition) is 0. The van der Waals surface area contributed by atoms with Gasteiger partial charge in [-0.15, -0.1) is 5.10 Å². The monoisotopic (exact) mass is 496 g/mol. The highest BCUT2D eigenvalue weighted by Gasteiger charge is 2.29. The summed E-state index contributed by atoms with van der Waals surface area (Å²) in [5, 5.41) is 5.81. The van der Waals surface area contributed by atoms with Crippen LogP contribution in [0.1, 0.15) is 58.9 Å². The Balaban J connectivity index is 1.35. The molecule has 0 spiro atoms. The van der Waals surface area contributed by atoms with E-state index >= 15 is 0 Å². The van der Waals surface area contributed by atoms with Crippen LogP contribution in [0.2, 0.25) is 0 Å². The molecule has 3 heterocycles. The summed E-state index contributed by atoms with van der Waals surface area (Å²) >= 11 is 1.63. The lowest BCUT2D eigenvalue weighted by atomic mass is 9.95. The number of amides is 1. The summed E-state index contributed by atoms with van der Waals surface area (Å²) in [5.41, 5.74) is 3.41. The molecule has 190 valence electrons. The molecule has 1 aliphatic rings. The van der Waals surface area contributed by atoms with Crippen molar-refractivity contribution in [2.75, 3.05) is 50.7 Å². The van der Waals surface area contributed by atoms with E-state index in [0.29, 0.717) is 11.8 Å². The number of carbonyl (C=O) groups excluding carboxylic acids is 1. The molecule has 4 rings (SSSR count). The first-order valence-corrected chi connectivity index (χ1v) is 14.0. The Labute approximate surface area is 213 Å². The third-order valence-electron chi connectivity index (χ3n) is 7.29. The highest BCUT2D eigenvalue weighted by molar-refractivity contribution is 7.20. The maximum absolute atomic E-state index is 13.2. The Morgan fingerprint density at radius 2 is 1.74 bits per heavy atom. The van der Waals surface area contributed by atoms with Gasteiger partial charge in [-0.05, 0) is 44.3 Å². The van der Waals surface area contributed by atoms with Gasteiger partial charge in [0.1, 0.15) is 0 Å². The third kappa shape index (κ3) is 5.86. The van der Waals surface area contributed by atoms with Crippen LogP contribution in [0.25, 0.3) is 16.2 Å². The Bertz CT molecular complexity index is 1060. The van der Waals surface area contributed by atoms with E-state index in [4.69, 9.17) is 10.1 Å². The number of piperidine rings is 1. The fourth-order valence-electron chi connectivity index (χ4n) is 4.80.